The number of nitrogens with zero attached hydrogens (tertiary/aromatic N) is 2. The molecule has 2 rings (SSSR count). The van der Waals surface area contributed by atoms with Gasteiger partial charge in [0.2, 0.25) is 0 Å². The van der Waals surface area contributed by atoms with E-state index in [9.17, 15) is 4.79 Å². The lowest BCUT2D eigenvalue weighted by Crippen LogP contribution is -2.21. The van der Waals surface area contributed by atoms with Gasteiger partial charge in [-0.15, -0.1) is 0 Å². The Morgan fingerprint density at radius 1 is 1.60 bits per heavy atom. The predicted octanol–water partition coefficient (Wildman–Crippen LogP) is 2.30. The monoisotopic (exact) mass is 288 g/mol. The van der Waals surface area contributed by atoms with E-state index in [1.807, 2.05) is 0 Å². The molecule has 0 unspecified atom stereocenters. The van der Waals surface area contributed by atoms with E-state index in [0.717, 1.165) is 0 Å². The normalized spacial score (nSPS) is 10.5. The van der Waals surface area contributed by atoms with Crippen molar-refractivity contribution in [1.29, 1.82) is 0 Å². The molecule has 0 aromatic carbocycles. The molecule has 2 heterocycles. The fourth-order valence-electron chi connectivity index (χ4n) is 1.13. The van der Waals surface area contributed by atoms with Crippen molar-refractivity contribution in [1.82, 2.24) is 9.55 Å². The molecule has 0 spiro atoms. The van der Waals surface area contributed by atoms with Gasteiger partial charge in [-0.1, -0.05) is 11.6 Å². The summed E-state index contributed by atoms with van der Waals surface area (Å²) in [5, 5.41) is 0.163. The Kier molecular flexibility index (Phi) is 2.93. The van der Waals surface area contributed by atoms with E-state index in [-0.39, 0.29) is 15.2 Å². The summed E-state index contributed by atoms with van der Waals surface area (Å²) < 4.78 is 6.80. The predicted molar refractivity (Wildman–Crippen MR) is 59.0 cm³/mol. The molecular weight excluding hydrogens is 283 g/mol. The van der Waals surface area contributed by atoms with Crippen molar-refractivity contribution in [3.05, 3.63) is 50.5 Å². The molecule has 2 aromatic rings. The third kappa shape index (κ3) is 2.13. The van der Waals surface area contributed by atoms with Gasteiger partial charge in [0.1, 0.15) is 10.2 Å². The molecule has 0 bridgehead atoms. The molecule has 0 saturated heterocycles. The fourth-order valence-corrected chi connectivity index (χ4v) is 1.58. The van der Waals surface area contributed by atoms with Crippen LogP contribution < -0.4 is 5.56 Å². The smallest absolute Gasteiger partial charge is 0.269 e. The van der Waals surface area contributed by atoms with Gasteiger partial charge in [0, 0.05) is 0 Å². The molecule has 0 saturated carbocycles. The Bertz CT molecular complexity index is 521. The topological polar surface area (TPSA) is 48.0 Å². The molecule has 0 amide bonds. The van der Waals surface area contributed by atoms with E-state index in [1.165, 1.54) is 10.9 Å². The highest BCUT2D eigenvalue weighted by molar-refractivity contribution is 9.10. The molecule has 2 aromatic heterocycles. The summed E-state index contributed by atoms with van der Waals surface area (Å²) in [7, 11) is 0. The average Bonchev–Trinajstić information content (AvgIpc) is 2.72. The number of hydrogen-bond acceptors (Lipinski definition) is 3. The van der Waals surface area contributed by atoms with Crippen LogP contribution in [0.15, 0.2) is 38.4 Å². The minimum absolute atomic E-state index is 0.163. The summed E-state index contributed by atoms with van der Waals surface area (Å²) in [4.78, 5) is 15.5. The minimum Gasteiger partial charge on any atom is -0.467 e. The molecule has 0 aliphatic heterocycles. The van der Waals surface area contributed by atoms with Crippen molar-refractivity contribution in [2.24, 2.45) is 0 Å². The maximum Gasteiger partial charge on any atom is 0.269 e. The lowest BCUT2D eigenvalue weighted by Gasteiger charge is -2.03. The van der Waals surface area contributed by atoms with Gasteiger partial charge in [-0.2, -0.15) is 0 Å². The zero-order valence-electron chi connectivity index (χ0n) is 7.48. The molecule has 4 nitrogen and oxygen atoms in total. The number of hydrogen-bond donors (Lipinski definition) is 0. The zero-order valence-corrected chi connectivity index (χ0v) is 9.83. The van der Waals surface area contributed by atoms with E-state index in [2.05, 4.69) is 20.9 Å². The molecule has 0 N–H and O–H groups in total. The SMILES string of the molecule is O=c1c(Br)c(Cl)ncn1Cc1ccco1. The van der Waals surface area contributed by atoms with Gasteiger partial charge in [0.15, 0.2) is 5.15 Å². The highest BCUT2D eigenvalue weighted by atomic mass is 79.9. The van der Waals surface area contributed by atoms with Crippen molar-refractivity contribution in [2.75, 3.05) is 0 Å². The standard InChI is InChI=1S/C9H6BrClN2O2/c10-7-8(11)12-5-13(9(7)14)4-6-2-1-3-15-6/h1-3,5H,4H2. The molecule has 0 aliphatic rings. The molecule has 15 heavy (non-hydrogen) atoms. The summed E-state index contributed by atoms with van der Waals surface area (Å²) in [6.07, 6.45) is 2.94. The molecule has 6 heteroatoms. The van der Waals surface area contributed by atoms with Gasteiger partial charge in [0.05, 0.1) is 19.1 Å². The summed E-state index contributed by atoms with van der Waals surface area (Å²) in [6.45, 7) is 0.342. The van der Waals surface area contributed by atoms with Gasteiger partial charge in [-0.3, -0.25) is 9.36 Å². The van der Waals surface area contributed by atoms with Crippen molar-refractivity contribution in [3.8, 4) is 0 Å². The van der Waals surface area contributed by atoms with Crippen LogP contribution in [0.5, 0.6) is 0 Å². The Balaban J connectivity index is 2.38. The van der Waals surface area contributed by atoms with Crippen LogP contribution in [0.3, 0.4) is 0 Å². The molecule has 0 fully saturated rings. The third-order valence-corrected chi connectivity index (χ3v) is 3.08. The first kappa shape index (κ1) is 10.4. The number of rotatable bonds is 2. The first-order valence-corrected chi connectivity index (χ1v) is 5.28. The number of halogens is 2. The summed E-state index contributed by atoms with van der Waals surface area (Å²) in [5.74, 6) is 0.688. The second kappa shape index (κ2) is 4.20. The highest BCUT2D eigenvalue weighted by Gasteiger charge is 2.07. The average molecular weight is 290 g/mol. The van der Waals surface area contributed by atoms with Gasteiger partial charge in [-0.05, 0) is 28.1 Å². The Morgan fingerprint density at radius 2 is 2.40 bits per heavy atom. The van der Waals surface area contributed by atoms with E-state index in [4.69, 9.17) is 16.0 Å². The van der Waals surface area contributed by atoms with Crippen LogP contribution in [0.2, 0.25) is 5.15 Å². The first-order chi connectivity index (χ1) is 7.18. The Hall–Kier alpha value is -1.07. The summed E-state index contributed by atoms with van der Waals surface area (Å²) in [6, 6.07) is 3.55. The fraction of sp³-hybridized carbons (Fsp3) is 0.111. The van der Waals surface area contributed by atoms with E-state index in [0.29, 0.717) is 12.3 Å². The van der Waals surface area contributed by atoms with E-state index in [1.54, 1.807) is 18.4 Å². The molecule has 0 atom stereocenters. The number of furan rings is 1. The molecule has 0 radical (unpaired) electrons. The minimum atomic E-state index is -0.230. The number of aromatic nitrogens is 2. The van der Waals surface area contributed by atoms with Gasteiger partial charge >= 0.3 is 0 Å². The van der Waals surface area contributed by atoms with Crippen LogP contribution >= 0.6 is 27.5 Å². The quantitative estimate of drug-likeness (QED) is 0.797. The first-order valence-electron chi connectivity index (χ1n) is 4.11. The van der Waals surface area contributed by atoms with Gasteiger partial charge in [-0.25, -0.2) is 4.98 Å². The Morgan fingerprint density at radius 3 is 3.07 bits per heavy atom. The molecule has 78 valence electrons. The third-order valence-electron chi connectivity index (χ3n) is 1.85. The second-order valence-corrected chi connectivity index (χ2v) is 4.01. The van der Waals surface area contributed by atoms with Crippen LogP contribution in [-0.2, 0) is 6.54 Å². The maximum absolute atomic E-state index is 11.7. The van der Waals surface area contributed by atoms with Crippen LogP contribution in [-0.4, -0.2) is 9.55 Å². The zero-order chi connectivity index (χ0) is 10.8. The maximum atomic E-state index is 11.7. The van der Waals surface area contributed by atoms with Crippen molar-refractivity contribution in [3.63, 3.8) is 0 Å². The van der Waals surface area contributed by atoms with Crippen LogP contribution in [0.25, 0.3) is 0 Å². The molecule has 0 aliphatic carbocycles. The largest absolute Gasteiger partial charge is 0.467 e. The van der Waals surface area contributed by atoms with Crippen molar-refractivity contribution >= 4 is 27.5 Å². The highest BCUT2D eigenvalue weighted by Crippen LogP contribution is 2.14. The van der Waals surface area contributed by atoms with Gasteiger partial charge < -0.3 is 4.42 Å². The van der Waals surface area contributed by atoms with Crippen LogP contribution in [0.4, 0.5) is 0 Å². The van der Waals surface area contributed by atoms with Crippen molar-refractivity contribution in [2.45, 2.75) is 6.54 Å². The Labute approximate surface area is 98.6 Å². The van der Waals surface area contributed by atoms with E-state index >= 15 is 0 Å². The lowest BCUT2D eigenvalue weighted by atomic mass is 10.4. The second-order valence-electron chi connectivity index (χ2n) is 2.86. The molecular formula is C9H6BrClN2O2. The van der Waals surface area contributed by atoms with Gasteiger partial charge in [0.25, 0.3) is 5.56 Å². The van der Waals surface area contributed by atoms with Crippen LogP contribution in [0, 0.1) is 0 Å². The van der Waals surface area contributed by atoms with Crippen molar-refractivity contribution < 1.29 is 4.42 Å². The summed E-state index contributed by atoms with van der Waals surface area (Å²) in [5.41, 5.74) is -0.230. The van der Waals surface area contributed by atoms with Crippen LogP contribution in [0.1, 0.15) is 5.76 Å². The van der Waals surface area contributed by atoms with E-state index < -0.39 is 0 Å². The lowest BCUT2D eigenvalue weighted by molar-refractivity contribution is 0.487. The summed E-state index contributed by atoms with van der Waals surface area (Å²) >= 11 is 8.75.